The van der Waals surface area contributed by atoms with Gasteiger partial charge in [0.2, 0.25) is 5.95 Å². The average molecular weight is 288 g/mol. The first-order valence-corrected chi connectivity index (χ1v) is 6.88. The highest BCUT2D eigenvalue weighted by Gasteiger charge is 2.19. The van der Waals surface area contributed by atoms with Crippen LogP contribution < -0.4 is 14.5 Å². The van der Waals surface area contributed by atoms with Crippen molar-refractivity contribution < 1.29 is 9.13 Å². The van der Waals surface area contributed by atoms with E-state index in [-0.39, 0.29) is 5.82 Å². The Morgan fingerprint density at radius 2 is 1.52 bits per heavy atom. The summed E-state index contributed by atoms with van der Waals surface area (Å²) in [5, 5.41) is 0. The Morgan fingerprint density at radius 3 is 2.10 bits per heavy atom. The largest absolute Gasteiger partial charge is 0.494 e. The number of aromatic nitrogens is 2. The quantitative estimate of drug-likeness (QED) is 0.863. The topological polar surface area (TPSA) is 41.5 Å². The molecule has 6 heteroatoms. The zero-order valence-electron chi connectivity index (χ0n) is 11.9. The van der Waals surface area contributed by atoms with Crippen LogP contribution in [-0.4, -0.2) is 43.3 Å². The highest BCUT2D eigenvalue weighted by Crippen LogP contribution is 2.19. The van der Waals surface area contributed by atoms with Gasteiger partial charge >= 0.3 is 0 Å². The minimum atomic E-state index is -0.205. The Hall–Kier alpha value is -2.37. The molecule has 1 aliphatic heterocycles. The monoisotopic (exact) mass is 288 g/mol. The minimum Gasteiger partial charge on any atom is -0.494 e. The number of methoxy groups -OCH3 is 1. The van der Waals surface area contributed by atoms with Crippen LogP contribution >= 0.6 is 0 Å². The zero-order valence-corrected chi connectivity index (χ0v) is 11.9. The molecule has 1 saturated heterocycles. The van der Waals surface area contributed by atoms with E-state index in [1.54, 1.807) is 19.5 Å². The molecule has 2 aromatic rings. The maximum absolute atomic E-state index is 12.9. The molecule has 1 aromatic carbocycles. The first-order chi connectivity index (χ1) is 10.3. The van der Waals surface area contributed by atoms with Crippen LogP contribution in [-0.2, 0) is 0 Å². The Balaban J connectivity index is 1.62. The lowest BCUT2D eigenvalue weighted by Gasteiger charge is -2.36. The molecule has 21 heavy (non-hydrogen) atoms. The van der Waals surface area contributed by atoms with E-state index in [0.29, 0.717) is 5.75 Å². The van der Waals surface area contributed by atoms with Crippen LogP contribution in [0.25, 0.3) is 0 Å². The van der Waals surface area contributed by atoms with E-state index in [1.807, 2.05) is 12.1 Å². The summed E-state index contributed by atoms with van der Waals surface area (Å²) in [7, 11) is 1.60. The predicted octanol–water partition coefficient (Wildman–Crippen LogP) is 1.95. The summed E-state index contributed by atoms with van der Waals surface area (Å²) in [4.78, 5) is 13.0. The SMILES string of the molecule is COc1cnc(N2CCN(c3ccc(F)cc3)CC2)nc1. The summed E-state index contributed by atoms with van der Waals surface area (Å²) < 4.78 is 18.0. The zero-order chi connectivity index (χ0) is 14.7. The summed E-state index contributed by atoms with van der Waals surface area (Å²) in [6.07, 6.45) is 3.35. The van der Waals surface area contributed by atoms with E-state index in [0.717, 1.165) is 37.8 Å². The van der Waals surface area contributed by atoms with Gasteiger partial charge in [-0.1, -0.05) is 0 Å². The Morgan fingerprint density at radius 1 is 0.952 bits per heavy atom. The van der Waals surface area contributed by atoms with Gasteiger partial charge in [-0.25, -0.2) is 14.4 Å². The van der Waals surface area contributed by atoms with Crippen molar-refractivity contribution in [2.75, 3.05) is 43.1 Å². The molecule has 0 atom stereocenters. The minimum absolute atomic E-state index is 0.205. The smallest absolute Gasteiger partial charge is 0.225 e. The molecular formula is C15H17FN4O. The predicted molar refractivity (Wildman–Crippen MR) is 79.4 cm³/mol. The van der Waals surface area contributed by atoms with Gasteiger partial charge in [-0.2, -0.15) is 0 Å². The molecule has 110 valence electrons. The van der Waals surface area contributed by atoms with Crippen LogP contribution in [0.2, 0.25) is 0 Å². The molecule has 0 radical (unpaired) electrons. The second kappa shape index (κ2) is 5.95. The van der Waals surface area contributed by atoms with Crippen LogP contribution in [0.5, 0.6) is 5.75 Å². The number of piperazine rings is 1. The Kier molecular flexibility index (Phi) is 3.85. The fourth-order valence-electron chi connectivity index (χ4n) is 2.39. The molecule has 2 heterocycles. The Bertz CT molecular complexity index is 580. The molecule has 1 aromatic heterocycles. The molecule has 0 saturated carbocycles. The number of benzene rings is 1. The van der Waals surface area contributed by atoms with Crippen molar-refractivity contribution in [3.05, 3.63) is 42.5 Å². The maximum atomic E-state index is 12.9. The summed E-state index contributed by atoms with van der Waals surface area (Å²) in [5.41, 5.74) is 1.05. The van der Waals surface area contributed by atoms with Crippen LogP contribution in [0.1, 0.15) is 0 Å². The summed E-state index contributed by atoms with van der Waals surface area (Å²) in [6, 6.07) is 6.62. The van der Waals surface area contributed by atoms with Crippen LogP contribution in [0, 0.1) is 5.82 Å². The standard InChI is InChI=1S/C15H17FN4O/c1-21-14-10-17-15(18-11-14)20-8-6-19(7-9-20)13-4-2-12(16)3-5-13/h2-5,10-11H,6-9H2,1H3. The number of hydrogen-bond donors (Lipinski definition) is 0. The van der Waals surface area contributed by atoms with Crippen LogP contribution in [0.4, 0.5) is 16.0 Å². The van der Waals surface area contributed by atoms with Gasteiger partial charge in [-0.05, 0) is 24.3 Å². The highest BCUT2D eigenvalue weighted by atomic mass is 19.1. The van der Waals surface area contributed by atoms with Crippen molar-refractivity contribution in [2.24, 2.45) is 0 Å². The average Bonchev–Trinajstić information content (AvgIpc) is 2.56. The van der Waals surface area contributed by atoms with Crippen molar-refractivity contribution in [1.82, 2.24) is 9.97 Å². The molecule has 0 unspecified atom stereocenters. The first kappa shape index (κ1) is 13.6. The lowest BCUT2D eigenvalue weighted by atomic mass is 10.2. The van der Waals surface area contributed by atoms with E-state index in [1.165, 1.54) is 12.1 Å². The number of hydrogen-bond acceptors (Lipinski definition) is 5. The van der Waals surface area contributed by atoms with E-state index in [4.69, 9.17) is 4.74 Å². The van der Waals surface area contributed by atoms with Gasteiger partial charge in [-0.15, -0.1) is 0 Å². The van der Waals surface area contributed by atoms with Gasteiger partial charge in [0.05, 0.1) is 19.5 Å². The van der Waals surface area contributed by atoms with E-state index < -0.39 is 0 Å². The molecule has 0 bridgehead atoms. The van der Waals surface area contributed by atoms with E-state index in [2.05, 4.69) is 19.8 Å². The second-order valence-electron chi connectivity index (χ2n) is 4.87. The summed E-state index contributed by atoms with van der Waals surface area (Å²) in [5.74, 6) is 1.17. The molecule has 0 spiro atoms. The lowest BCUT2D eigenvalue weighted by Crippen LogP contribution is -2.47. The summed E-state index contributed by atoms with van der Waals surface area (Å²) >= 11 is 0. The first-order valence-electron chi connectivity index (χ1n) is 6.88. The number of halogens is 1. The fraction of sp³-hybridized carbons (Fsp3) is 0.333. The molecule has 5 nitrogen and oxygen atoms in total. The Labute approximate surface area is 123 Å². The number of anilines is 2. The number of ether oxygens (including phenoxy) is 1. The lowest BCUT2D eigenvalue weighted by molar-refractivity contribution is 0.410. The van der Waals surface area contributed by atoms with Crippen molar-refractivity contribution in [3.8, 4) is 5.75 Å². The molecule has 0 amide bonds. The molecule has 1 aliphatic rings. The second-order valence-corrected chi connectivity index (χ2v) is 4.87. The molecule has 0 aliphatic carbocycles. The molecular weight excluding hydrogens is 271 g/mol. The van der Waals surface area contributed by atoms with Gasteiger partial charge in [-0.3, -0.25) is 0 Å². The van der Waals surface area contributed by atoms with Gasteiger partial charge in [0.1, 0.15) is 5.82 Å². The van der Waals surface area contributed by atoms with Gasteiger partial charge in [0.25, 0.3) is 0 Å². The van der Waals surface area contributed by atoms with Gasteiger partial charge in [0, 0.05) is 31.9 Å². The van der Waals surface area contributed by atoms with Crippen LogP contribution in [0.15, 0.2) is 36.7 Å². The van der Waals surface area contributed by atoms with Crippen molar-refractivity contribution >= 4 is 11.6 Å². The van der Waals surface area contributed by atoms with Gasteiger partial charge < -0.3 is 14.5 Å². The normalized spacial score (nSPS) is 15.1. The third-order valence-electron chi connectivity index (χ3n) is 3.60. The molecule has 3 rings (SSSR count). The molecule has 0 N–H and O–H groups in total. The van der Waals surface area contributed by atoms with Crippen molar-refractivity contribution in [3.63, 3.8) is 0 Å². The van der Waals surface area contributed by atoms with Crippen LogP contribution in [0.3, 0.4) is 0 Å². The van der Waals surface area contributed by atoms with Crippen molar-refractivity contribution in [2.45, 2.75) is 0 Å². The highest BCUT2D eigenvalue weighted by molar-refractivity contribution is 5.48. The molecule has 1 fully saturated rings. The third kappa shape index (κ3) is 3.04. The van der Waals surface area contributed by atoms with E-state index >= 15 is 0 Å². The third-order valence-corrected chi connectivity index (χ3v) is 3.60. The number of rotatable bonds is 3. The fourth-order valence-corrected chi connectivity index (χ4v) is 2.39. The van der Waals surface area contributed by atoms with Crippen molar-refractivity contribution in [1.29, 1.82) is 0 Å². The van der Waals surface area contributed by atoms with Gasteiger partial charge in [0.15, 0.2) is 5.75 Å². The van der Waals surface area contributed by atoms with E-state index in [9.17, 15) is 4.39 Å². The number of nitrogens with zero attached hydrogens (tertiary/aromatic N) is 4. The maximum Gasteiger partial charge on any atom is 0.225 e. The summed E-state index contributed by atoms with van der Waals surface area (Å²) in [6.45, 7) is 3.40.